The molecule has 2 rings (SSSR count). The number of rotatable bonds is 6. The van der Waals surface area contributed by atoms with E-state index in [1.54, 1.807) is 0 Å². The van der Waals surface area contributed by atoms with Gasteiger partial charge in [0.1, 0.15) is 0 Å². The lowest BCUT2D eigenvalue weighted by Crippen LogP contribution is -2.47. The second kappa shape index (κ2) is 6.88. The topological polar surface area (TPSA) is 24.5 Å². The Morgan fingerprint density at radius 3 is 2.67 bits per heavy atom. The summed E-state index contributed by atoms with van der Waals surface area (Å²) in [7, 11) is 2.29. The molecule has 2 aliphatic rings. The van der Waals surface area contributed by atoms with Crippen LogP contribution in [0, 0.1) is 5.41 Å². The van der Waals surface area contributed by atoms with Crippen LogP contribution in [0.2, 0.25) is 0 Å². The zero-order chi connectivity index (χ0) is 12.8. The largest absolute Gasteiger partial charge is 0.380 e. The number of likely N-dealkylation sites (N-methyl/N-ethyl adjacent to an activating group) is 1. The van der Waals surface area contributed by atoms with Gasteiger partial charge in [-0.05, 0) is 38.3 Å². The van der Waals surface area contributed by atoms with Gasteiger partial charge < -0.3 is 15.0 Å². The van der Waals surface area contributed by atoms with Gasteiger partial charge in [-0.3, -0.25) is 0 Å². The fourth-order valence-corrected chi connectivity index (χ4v) is 3.61. The molecule has 0 aromatic heterocycles. The molecule has 1 heterocycles. The van der Waals surface area contributed by atoms with Gasteiger partial charge in [-0.2, -0.15) is 0 Å². The summed E-state index contributed by atoms with van der Waals surface area (Å²) in [6.07, 6.45) is 8.29. The van der Waals surface area contributed by atoms with E-state index in [1.165, 1.54) is 51.6 Å². The molecule has 18 heavy (non-hydrogen) atoms. The van der Waals surface area contributed by atoms with E-state index in [2.05, 4.69) is 24.2 Å². The van der Waals surface area contributed by atoms with Gasteiger partial charge in [-0.25, -0.2) is 0 Å². The van der Waals surface area contributed by atoms with Gasteiger partial charge in [0.15, 0.2) is 0 Å². The van der Waals surface area contributed by atoms with Gasteiger partial charge in [0.2, 0.25) is 0 Å². The third-order valence-electron chi connectivity index (χ3n) is 4.78. The second-order valence-corrected chi connectivity index (χ2v) is 6.27. The minimum absolute atomic E-state index is 0.519. The Balaban J connectivity index is 1.90. The van der Waals surface area contributed by atoms with Gasteiger partial charge in [0, 0.05) is 25.7 Å². The zero-order valence-corrected chi connectivity index (χ0v) is 12.2. The summed E-state index contributed by atoms with van der Waals surface area (Å²) in [5.41, 5.74) is 0.519. The first kappa shape index (κ1) is 14.3. The average Bonchev–Trinajstić information content (AvgIpc) is 2.91. The van der Waals surface area contributed by atoms with Gasteiger partial charge in [0.05, 0.1) is 6.61 Å². The molecule has 0 aromatic rings. The molecule has 0 spiro atoms. The molecule has 0 bridgehead atoms. The molecule has 1 aliphatic carbocycles. The Bertz CT molecular complexity index is 233. The summed E-state index contributed by atoms with van der Waals surface area (Å²) in [4.78, 5) is 2.57. The number of ether oxygens (including phenoxy) is 1. The molecular formula is C15H30N2O. The lowest BCUT2D eigenvalue weighted by molar-refractivity contribution is 0.0847. The SMILES string of the molecule is CCNCC1(CN(C)C2CCOC2)CCCCC1. The minimum Gasteiger partial charge on any atom is -0.380 e. The van der Waals surface area contributed by atoms with Crippen molar-refractivity contribution in [2.75, 3.05) is 39.9 Å². The Morgan fingerprint density at radius 1 is 1.28 bits per heavy atom. The molecule has 1 unspecified atom stereocenters. The molecule has 1 aliphatic heterocycles. The van der Waals surface area contributed by atoms with E-state index in [-0.39, 0.29) is 0 Å². The van der Waals surface area contributed by atoms with Crippen LogP contribution < -0.4 is 5.32 Å². The molecule has 0 amide bonds. The first-order valence-corrected chi connectivity index (χ1v) is 7.74. The maximum atomic E-state index is 5.52. The van der Waals surface area contributed by atoms with Crippen LogP contribution in [0.3, 0.4) is 0 Å². The predicted octanol–water partition coefficient (Wildman–Crippen LogP) is 2.27. The summed E-state index contributed by atoms with van der Waals surface area (Å²) in [5.74, 6) is 0. The normalized spacial score (nSPS) is 27.8. The third-order valence-corrected chi connectivity index (χ3v) is 4.78. The van der Waals surface area contributed by atoms with Crippen molar-refractivity contribution in [3.63, 3.8) is 0 Å². The maximum absolute atomic E-state index is 5.52. The van der Waals surface area contributed by atoms with E-state index in [4.69, 9.17) is 4.74 Å². The van der Waals surface area contributed by atoms with Crippen LogP contribution in [0.15, 0.2) is 0 Å². The Hall–Kier alpha value is -0.120. The van der Waals surface area contributed by atoms with Crippen molar-refractivity contribution < 1.29 is 4.74 Å². The predicted molar refractivity (Wildman–Crippen MR) is 75.9 cm³/mol. The molecule has 1 saturated heterocycles. The van der Waals surface area contributed by atoms with Gasteiger partial charge >= 0.3 is 0 Å². The zero-order valence-electron chi connectivity index (χ0n) is 12.2. The van der Waals surface area contributed by atoms with Crippen molar-refractivity contribution >= 4 is 0 Å². The first-order chi connectivity index (χ1) is 8.76. The lowest BCUT2D eigenvalue weighted by Gasteiger charge is -2.41. The molecule has 3 nitrogen and oxygen atoms in total. The number of hydrogen-bond acceptors (Lipinski definition) is 3. The summed E-state index contributed by atoms with van der Waals surface area (Å²) < 4.78 is 5.52. The Kier molecular flexibility index (Phi) is 5.46. The highest BCUT2D eigenvalue weighted by Crippen LogP contribution is 2.37. The van der Waals surface area contributed by atoms with E-state index in [1.807, 2.05) is 0 Å². The van der Waals surface area contributed by atoms with Crippen LogP contribution in [0.1, 0.15) is 45.4 Å². The number of nitrogens with zero attached hydrogens (tertiary/aromatic N) is 1. The monoisotopic (exact) mass is 254 g/mol. The third kappa shape index (κ3) is 3.69. The molecule has 0 radical (unpaired) electrons. The van der Waals surface area contributed by atoms with Crippen molar-refractivity contribution in [3.8, 4) is 0 Å². The summed E-state index contributed by atoms with van der Waals surface area (Å²) in [5, 5.41) is 3.60. The van der Waals surface area contributed by atoms with Crippen LogP contribution in [0.4, 0.5) is 0 Å². The highest BCUT2D eigenvalue weighted by Gasteiger charge is 2.34. The van der Waals surface area contributed by atoms with Crippen LogP contribution >= 0.6 is 0 Å². The van der Waals surface area contributed by atoms with Gasteiger partial charge in [0.25, 0.3) is 0 Å². The quantitative estimate of drug-likeness (QED) is 0.787. The lowest BCUT2D eigenvalue weighted by atomic mass is 9.73. The van der Waals surface area contributed by atoms with Crippen molar-refractivity contribution in [1.82, 2.24) is 10.2 Å². The van der Waals surface area contributed by atoms with E-state index in [9.17, 15) is 0 Å². The van der Waals surface area contributed by atoms with Crippen LogP contribution in [0.5, 0.6) is 0 Å². The Labute approximate surface area is 112 Å². The highest BCUT2D eigenvalue weighted by molar-refractivity contribution is 4.89. The maximum Gasteiger partial charge on any atom is 0.0622 e. The van der Waals surface area contributed by atoms with Crippen molar-refractivity contribution in [3.05, 3.63) is 0 Å². The van der Waals surface area contributed by atoms with E-state index in [0.29, 0.717) is 11.5 Å². The average molecular weight is 254 g/mol. The van der Waals surface area contributed by atoms with Crippen LogP contribution in [0.25, 0.3) is 0 Å². The fourth-order valence-electron chi connectivity index (χ4n) is 3.61. The molecule has 1 N–H and O–H groups in total. The second-order valence-electron chi connectivity index (χ2n) is 6.27. The fraction of sp³-hybridized carbons (Fsp3) is 1.00. The van der Waals surface area contributed by atoms with Crippen molar-refractivity contribution in [2.45, 2.75) is 51.5 Å². The molecule has 106 valence electrons. The minimum atomic E-state index is 0.519. The van der Waals surface area contributed by atoms with Crippen molar-refractivity contribution in [2.24, 2.45) is 5.41 Å². The van der Waals surface area contributed by atoms with Crippen LogP contribution in [-0.2, 0) is 4.74 Å². The summed E-state index contributed by atoms with van der Waals surface area (Å²) in [6, 6.07) is 0.658. The standard InChI is InChI=1S/C15H30N2O/c1-3-16-12-15(8-5-4-6-9-15)13-17(2)14-7-10-18-11-14/h14,16H,3-13H2,1-2H3. The van der Waals surface area contributed by atoms with E-state index < -0.39 is 0 Å². The van der Waals surface area contributed by atoms with E-state index >= 15 is 0 Å². The van der Waals surface area contributed by atoms with Gasteiger partial charge in [-0.1, -0.05) is 26.2 Å². The molecule has 3 heteroatoms. The number of hydrogen-bond donors (Lipinski definition) is 1. The van der Waals surface area contributed by atoms with E-state index in [0.717, 1.165) is 19.8 Å². The highest BCUT2D eigenvalue weighted by atomic mass is 16.5. The number of nitrogens with one attached hydrogen (secondary N) is 1. The molecule has 2 fully saturated rings. The molecular weight excluding hydrogens is 224 g/mol. The first-order valence-electron chi connectivity index (χ1n) is 7.74. The molecule has 1 atom stereocenters. The van der Waals surface area contributed by atoms with Crippen LogP contribution in [-0.4, -0.2) is 50.8 Å². The summed E-state index contributed by atoms with van der Waals surface area (Å²) >= 11 is 0. The van der Waals surface area contributed by atoms with Gasteiger partial charge in [-0.15, -0.1) is 0 Å². The molecule has 1 saturated carbocycles. The summed E-state index contributed by atoms with van der Waals surface area (Å²) in [6.45, 7) is 7.64. The smallest absolute Gasteiger partial charge is 0.0622 e. The Morgan fingerprint density at radius 2 is 2.06 bits per heavy atom. The van der Waals surface area contributed by atoms with Crippen molar-refractivity contribution in [1.29, 1.82) is 0 Å². The molecule has 0 aromatic carbocycles.